The second kappa shape index (κ2) is 7.11. The van der Waals surface area contributed by atoms with Gasteiger partial charge in [-0.15, -0.1) is 0 Å². The smallest absolute Gasteiger partial charge is 0.142 e. The van der Waals surface area contributed by atoms with Gasteiger partial charge >= 0.3 is 0 Å². The van der Waals surface area contributed by atoms with Crippen LogP contribution in [-0.4, -0.2) is 6.04 Å². The minimum Gasteiger partial charge on any atom is -0.307 e. The number of halogens is 3. The summed E-state index contributed by atoms with van der Waals surface area (Å²) in [6.45, 7) is 4.35. The Kier molecular flexibility index (Phi) is 5.71. The van der Waals surface area contributed by atoms with Crippen LogP contribution in [-0.2, 0) is 0 Å². The van der Waals surface area contributed by atoms with Crippen LogP contribution in [0.3, 0.4) is 0 Å². The highest BCUT2D eigenvalue weighted by molar-refractivity contribution is 6.35. The summed E-state index contributed by atoms with van der Waals surface area (Å²) in [5.41, 5.74) is 0.783. The van der Waals surface area contributed by atoms with E-state index in [1.165, 1.54) is 44.2 Å². The fraction of sp³-hybridized carbons (Fsp3) is 0.625. The van der Waals surface area contributed by atoms with Gasteiger partial charge < -0.3 is 5.32 Å². The Morgan fingerprint density at radius 2 is 1.90 bits per heavy atom. The van der Waals surface area contributed by atoms with Crippen LogP contribution in [0.1, 0.15) is 57.6 Å². The quantitative estimate of drug-likeness (QED) is 0.552. The van der Waals surface area contributed by atoms with Crippen molar-refractivity contribution < 1.29 is 4.39 Å². The monoisotopic (exact) mass is 317 g/mol. The number of hydrogen-bond donors (Lipinski definition) is 1. The second-order valence-electron chi connectivity index (χ2n) is 5.99. The van der Waals surface area contributed by atoms with Gasteiger partial charge in [0.15, 0.2) is 0 Å². The van der Waals surface area contributed by atoms with Crippen LogP contribution >= 0.6 is 23.2 Å². The topological polar surface area (TPSA) is 12.0 Å². The van der Waals surface area contributed by atoms with Gasteiger partial charge in [0, 0.05) is 17.1 Å². The highest BCUT2D eigenvalue weighted by Crippen LogP contribution is 2.30. The first-order chi connectivity index (χ1) is 9.47. The lowest BCUT2D eigenvalue weighted by atomic mass is 10.0. The molecule has 0 saturated heterocycles. The molecule has 3 atom stereocenters. The first-order valence-electron chi connectivity index (χ1n) is 7.38. The maximum Gasteiger partial charge on any atom is 0.142 e. The zero-order valence-electron chi connectivity index (χ0n) is 12.1. The van der Waals surface area contributed by atoms with Crippen LogP contribution in [0.25, 0.3) is 0 Å². The molecule has 3 unspecified atom stereocenters. The van der Waals surface area contributed by atoms with Gasteiger partial charge in [-0.05, 0) is 49.8 Å². The van der Waals surface area contributed by atoms with E-state index in [2.05, 4.69) is 12.2 Å². The van der Waals surface area contributed by atoms with Gasteiger partial charge in [0.1, 0.15) is 5.82 Å². The molecule has 1 aromatic carbocycles. The third kappa shape index (κ3) is 4.09. The van der Waals surface area contributed by atoms with Crippen molar-refractivity contribution in [2.75, 3.05) is 0 Å². The van der Waals surface area contributed by atoms with Crippen molar-refractivity contribution in [3.05, 3.63) is 33.6 Å². The molecule has 1 N–H and O–H groups in total. The molecule has 1 nitrogen and oxygen atoms in total. The van der Waals surface area contributed by atoms with E-state index in [9.17, 15) is 4.39 Å². The fourth-order valence-corrected chi connectivity index (χ4v) is 3.51. The molecule has 0 radical (unpaired) electrons. The van der Waals surface area contributed by atoms with Crippen LogP contribution in [0.15, 0.2) is 12.1 Å². The first-order valence-corrected chi connectivity index (χ1v) is 8.13. The minimum atomic E-state index is -0.408. The van der Waals surface area contributed by atoms with E-state index in [1.54, 1.807) is 0 Å². The molecule has 0 amide bonds. The Labute approximate surface area is 130 Å². The molecule has 0 bridgehead atoms. The average Bonchev–Trinajstić information content (AvgIpc) is 2.59. The highest BCUT2D eigenvalue weighted by atomic mass is 35.5. The largest absolute Gasteiger partial charge is 0.307 e. The van der Waals surface area contributed by atoms with E-state index < -0.39 is 5.82 Å². The van der Waals surface area contributed by atoms with Crippen LogP contribution in [0.2, 0.25) is 10.0 Å². The lowest BCUT2D eigenvalue weighted by Crippen LogP contribution is -2.31. The standard InChI is InChI=1S/C16H22Cl2FN/c1-10-4-3-5-12(7-6-10)20-11(2)13-8-16(19)15(18)9-14(13)17/h8-12,20H,3-7H2,1-2H3. The van der Waals surface area contributed by atoms with E-state index in [0.717, 1.165) is 11.5 Å². The third-order valence-corrected chi connectivity index (χ3v) is 4.87. The number of hydrogen-bond acceptors (Lipinski definition) is 1. The zero-order valence-corrected chi connectivity index (χ0v) is 13.6. The van der Waals surface area contributed by atoms with Crippen molar-refractivity contribution in [1.82, 2.24) is 5.32 Å². The molecule has 1 fully saturated rings. The molecule has 112 valence electrons. The molecule has 0 heterocycles. The van der Waals surface area contributed by atoms with Crippen LogP contribution in [0.5, 0.6) is 0 Å². The van der Waals surface area contributed by atoms with Gasteiger partial charge in [-0.1, -0.05) is 43.0 Å². The molecule has 1 aliphatic carbocycles. The van der Waals surface area contributed by atoms with Crippen molar-refractivity contribution in [2.24, 2.45) is 5.92 Å². The Balaban J connectivity index is 2.04. The summed E-state index contributed by atoms with van der Waals surface area (Å²) >= 11 is 11.9. The fourth-order valence-electron chi connectivity index (χ4n) is 2.97. The summed E-state index contributed by atoms with van der Waals surface area (Å²) in [4.78, 5) is 0. The molecule has 1 saturated carbocycles. The average molecular weight is 318 g/mol. The second-order valence-corrected chi connectivity index (χ2v) is 6.80. The van der Waals surface area contributed by atoms with Crippen LogP contribution < -0.4 is 5.32 Å². The van der Waals surface area contributed by atoms with E-state index in [-0.39, 0.29) is 11.1 Å². The summed E-state index contributed by atoms with van der Waals surface area (Å²) in [5.74, 6) is 0.405. The third-order valence-electron chi connectivity index (χ3n) is 4.25. The maximum absolute atomic E-state index is 13.6. The van der Waals surface area contributed by atoms with Crippen LogP contribution in [0, 0.1) is 11.7 Å². The zero-order chi connectivity index (χ0) is 14.7. The molecule has 0 spiro atoms. The van der Waals surface area contributed by atoms with E-state index >= 15 is 0 Å². The van der Waals surface area contributed by atoms with Crippen molar-refractivity contribution >= 4 is 23.2 Å². The Morgan fingerprint density at radius 1 is 1.15 bits per heavy atom. The Hall–Kier alpha value is -0.310. The molecule has 1 aromatic rings. The molecule has 1 aliphatic rings. The van der Waals surface area contributed by atoms with E-state index in [0.29, 0.717) is 11.1 Å². The van der Waals surface area contributed by atoms with Gasteiger partial charge in [0.2, 0.25) is 0 Å². The minimum absolute atomic E-state index is 0.0349. The van der Waals surface area contributed by atoms with Gasteiger partial charge in [0.05, 0.1) is 5.02 Å². The Morgan fingerprint density at radius 3 is 2.65 bits per heavy atom. The lowest BCUT2D eigenvalue weighted by molar-refractivity contribution is 0.407. The molecule has 2 rings (SSSR count). The van der Waals surface area contributed by atoms with Gasteiger partial charge in [-0.3, -0.25) is 0 Å². The van der Waals surface area contributed by atoms with Gasteiger partial charge in [-0.2, -0.15) is 0 Å². The van der Waals surface area contributed by atoms with Crippen molar-refractivity contribution in [3.8, 4) is 0 Å². The number of benzene rings is 1. The van der Waals surface area contributed by atoms with Gasteiger partial charge in [0.25, 0.3) is 0 Å². The SMILES string of the molecule is CC1CCCC(NC(C)c2cc(F)c(Cl)cc2Cl)CC1. The van der Waals surface area contributed by atoms with Crippen molar-refractivity contribution in [3.63, 3.8) is 0 Å². The molecule has 0 aliphatic heterocycles. The van der Waals surface area contributed by atoms with Gasteiger partial charge in [-0.25, -0.2) is 4.39 Å². The number of nitrogens with one attached hydrogen (secondary N) is 1. The normalized spacial score (nSPS) is 25.2. The van der Waals surface area contributed by atoms with Crippen molar-refractivity contribution in [1.29, 1.82) is 0 Å². The summed E-state index contributed by atoms with van der Waals surface area (Å²) in [7, 11) is 0. The highest BCUT2D eigenvalue weighted by Gasteiger charge is 2.20. The summed E-state index contributed by atoms with van der Waals surface area (Å²) < 4.78 is 13.6. The maximum atomic E-state index is 13.6. The Bertz CT molecular complexity index is 464. The summed E-state index contributed by atoms with van der Waals surface area (Å²) in [5, 5.41) is 4.19. The van der Waals surface area contributed by atoms with Crippen molar-refractivity contribution in [2.45, 2.75) is 58.0 Å². The molecule has 20 heavy (non-hydrogen) atoms. The van der Waals surface area contributed by atoms with E-state index in [4.69, 9.17) is 23.2 Å². The first kappa shape index (κ1) is 16.1. The van der Waals surface area contributed by atoms with E-state index in [1.807, 2.05) is 6.92 Å². The molecule has 4 heteroatoms. The number of rotatable bonds is 3. The predicted octanol–water partition coefficient (Wildman–Crippen LogP) is 5.75. The molecular formula is C16H22Cl2FN. The summed E-state index contributed by atoms with van der Waals surface area (Å²) in [6, 6.07) is 3.46. The van der Waals surface area contributed by atoms with Crippen LogP contribution in [0.4, 0.5) is 4.39 Å². The predicted molar refractivity (Wildman–Crippen MR) is 84.0 cm³/mol. The lowest BCUT2D eigenvalue weighted by Gasteiger charge is -2.23. The molecule has 0 aromatic heterocycles. The molecular weight excluding hydrogens is 296 g/mol. The summed E-state index contributed by atoms with van der Waals surface area (Å²) in [6.07, 6.45) is 6.19.